The lowest BCUT2D eigenvalue weighted by Gasteiger charge is -2.11. The topological polar surface area (TPSA) is 63.8 Å². The molecule has 0 amide bonds. The lowest BCUT2D eigenvalue weighted by Crippen LogP contribution is -2.12. The van der Waals surface area contributed by atoms with Crippen LogP contribution in [-0.4, -0.2) is 16.0 Å². The summed E-state index contributed by atoms with van der Waals surface area (Å²) in [5.41, 5.74) is 6.87. The largest absolute Gasteiger partial charge is 0.383 e. The third-order valence-electron chi connectivity index (χ3n) is 3.45. The molecule has 0 aliphatic heterocycles. The standard InChI is InChI=1S/C13H22N4/c1-4-6-9-7-10(9)15-13-8(3)12(14)16-11(5-2)17-13/h9-10H,4-7H2,1-3H3,(H3,14,15,16,17). The average Bonchev–Trinajstić information content (AvgIpc) is 3.03. The molecule has 2 unspecified atom stereocenters. The molecule has 0 spiro atoms. The summed E-state index contributed by atoms with van der Waals surface area (Å²) in [6.07, 6.45) is 4.65. The summed E-state index contributed by atoms with van der Waals surface area (Å²) in [5.74, 6) is 3.17. The normalized spacial score (nSPS) is 22.5. The van der Waals surface area contributed by atoms with E-state index in [0.29, 0.717) is 11.9 Å². The van der Waals surface area contributed by atoms with E-state index in [4.69, 9.17) is 5.73 Å². The number of hydrogen-bond acceptors (Lipinski definition) is 4. The van der Waals surface area contributed by atoms with E-state index >= 15 is 0 Å². The van der Waals surface area contributed by atoms with E-state index in [1.807, 2.05) is 13.8 Å². The molecule has 4 heteroatoms. The molecule has 1 saturated carbocycles. The Morgan fingerprint density at radius 3 is 2.76 bits per heavy atom. The molecule has 17 heavy (non-hydrogen) atoms. The van der Waals surface area contributed by atoms with Gasteiger partial charge in [0.05, 0.1) is 0 Å². The molecule has 1 fully saturated rings. The van der Waals surface area contributed by atoms with Crippen LogP contribution in [0.15, 0.2) is 0 Å². The maximum absolute atomic E-state index is 5.90. The van der Waals surface area contributed by atoms with Crippen molar-refractivity contribution in [2.75, 3.05) is 11.1 Å². The maximum Gasteiger partial charge on any atom is 0.134 e. The van der Waals surface area contributed by atoms with Crippen molar-refractivity contribution in [3.05, 3.63) is 11.4 Å². The smallest absolute Gasteiger partial charge is 0.134 e. The molecule has 1 heterocycles. The molecule has 0 bridgehead atoms. The molecule has 1 aliphatic carbocycles. The summed E-state index contributed by atoms with van der Waals surface area (Å²) in [4.78, 5) is 8.79. The number of hydrogen-bond donors (Lipinski definition) is 2. The lowest BCUT2D eigenvalue weighted by molar-refractivity contribution is 0.691. The van der Waals surface area contributed by atoms with Gasteiger partial charge in [-0.15, -0.1) is 0 Å². The molecule has 94 valence electrons. The molecule has 0 aromatic carbocycles. The maximum atomic E-state index is 5.90. The summed E-state index contributed by atoms with van der Waals surface area (Å²) in [7, 11) is 0. The molecule has 1 aromatic rings. The van der Waals surface area contributed by atoms with Crippen LogP contribution in [0, 0.1) is 12.8 Å². The first-order chi connectivity index (χ1) is 8.15. The Kier molecular flexibility index (Phi) is 3.50. The molecular formula is C13H22N4. The van der Waals surface area contributed by atoms with Gasteiger partial charge in [-0.2, -0.15) is 0 Å². The molecular weight excluding hydrogens is 212 g/mol. The van der Waals surface area contributed by atoms with Gasteiger partial charge in [0.1, 0.15) is 17.5 Å². The van der Waals surface area contributed by atoms with Gasteiger partial charge in [0.25, 0.3) is 0 Å². The number of aromatic nitrogens is 2. The monoisotopic (exact) mass is 234 g/mol. The van der Waals surface area contributed by atoms with Crippen molar-refractivity contribution in [2.24, 2.45) is 5.92 Å². The second-order valence-corrected chi connectivity index (χ2v) is 4.89. The van der Waals surface area contributed by atoms with Gasteiger partial charge in [-0.25, -0.2) is 9.97 Å². The zero-order chi connectivity index (χ0) is 12.4. The predicted molar refractivity (Wildman–Crippen MR) is 71.0 cm³/mol. The molecule has 1 aliphatic rings. The number of anilines is 2. The van der Waals surface area contributed by atoms with Crippen LogP contribution in [0.4, 0.5) is 11.6 Å². The highest BCUT2D eigenvalue weighted by Gasteiger charge is 2.36. The van der Waals surface area contributed by atoms with E-state index in [1.54, 1.807) is 0 Å². The van der Waals surface area contributed by atoms with Crippen molar-refractivity contribution in [3.8, 4) is 0 Å². The molecule has 3 N–H and O–H groups in total. The van der Waals surface area contributed by atoms with Crippen LogP contribution >= 0.6 is 0 Å². The minimum atomic E-state index is 0.590. The van der Waals surface area contributed by atoms with Crippen molar-refractivity contribution < 1.29 is 0 Å². The van der Waals surface area contributed by atoms with Crippen LogP contribution in [0.2, 0.25) is 0 Å². The number of nitrogen functional groups attached to an aromatic ring is 1. The van der Waals surface area contributed by atoms with Gasteiger partial charge < -0.3 is 11.1 Å². The van der Waals surface area contributed by atoms with Crippen LogP contribution in [0.3, 0.4) is 0 Å². The number of nitrogens with two attached hydrogens (primary N) is 1. The van der Waals surface area contributed by atoms with Gasteiger partial charge in [-0.3, -0.25) is 0 Å². The fourth-order valence-electron chi connectivity index (χ4n) is 2.17. The van der Waals surface area contributed by atoms with E-state index < -0.39 is 0 Å². The Morgan fingerprint density at radius 2 is 2.12 bits per heavy atom. The first kappa shape index (κ1) is 12.1. The predicted octanol–water partition coefficient (Wildman–Crippen LogP) is 2.53. The second-order valence-electron chi connectivity index (χ2n) is 4.89. The van der Waals surface area contributed by atoms with Crippen LogP contribution in [0.1, 0.15) is 44.5 Å². The number of aryl methyl sites for hydroxylation is 1. The summed E-state index contributed by atoms with van der Waals surface area (Å²) in [6, 6.07) is 0.590. The Morgan fingerprint density at radius 1 is 1.35 bits per heavy atom. The Hall–Kier alpha value is -1.32. The van der Waals surface area contributed by atoms with Crippen LogP contribution < -0.4 is 11.1 Å². The lowest BCUT2D eigenvalue weighted by atomic mass is 10.2. The van der Waals surface area contributed by atoms with Crippen molar-refractivity contribution >= 4 is 11.6 Å². The Labute approximate surface area is 103 Å². The van der Waals surface area contributed by atoms with Gasteiger partial charge in [-0.05, 0) is 25.7 Å². The highest BCUT2D eigenvalue weighted by atomic mass is 15.1. The SMILES string of the molecule is CCCC1CC1Nc1nc(CC)nc(N)c1C. The zero-order valence-electron chi connectivity index (χ0n) is 11.0. The van der Waals surface area contributed by atoms with Crippen molar-refractivity contribution in [2.45, 2.75) is 52.5 Å². The third kappa shape index (κ3) is 2.68. The first-order valence-electron chi connectivity index (χ1n) is 6.55. The Balaban J connectivity index is 2.08. The van der Waals surface area contributed by atoms with E-state index in [9.17, 15) is 0 Å². The minimum Gasteiger partial charge on any atom is -0.383 e. The molecule has 2 rings (SSSR count). The zero-order valence-corrected chi connectivity index (χ0v) is 11.0. The number of nitrogens with one attached hydrogen (secondary N) is 1. The summed E-state index contributed by atoms with van der Waals surface area (Å²) in [5, 5.41) is 3.50. The highest BCUT2D eigenvalue weighted by molar-refractivity contribution is 5.55. The Bertz CT molecular complexity index is 403. The average molecular weight is 234 g/mol. The van der Waals surface area contributed by atoms with Gasteiger partial charge in [0.2, 0.25) is 0 Å². The highest BCUT2D eigenvalue weighted by Crippen LogP contribution is 2.37. The molecule has 2 atom stereocenters. The van der Waals surface area contributed by atoms with Crippen LogP contribution in [-0.2, 0) is 6.42 Å². The van der Waals surface area contributed by atoms with E-state index in [-0.39, 0.29) is 0 Å². The molecule has 0 saturated heterocycles. The summed E-state index contributed by atoms with van der Waals surface area (Å²) < 4.78 is 0. The number of rotatable bonds is 5. The van der Waals surface area contributed by atoms with Crippen molar-refractivity contribution in [1.82, 2.24) is 9.97 Å². The molecule has 1 aromatic heterocycles. The minimum absolute atomic E-state index is 0.590. The fraction of sp³-hybridized carbons (Fsp3) is 0.692. The van der Waals surface area contributed by atoms with Gasteiger partial charge in [0, 0.05) is 18.0 Å². The molecule has 0 radical (unpaired) electrons. The summed E-state index contributed by atoms with van der Waals surface area (Å²) >= 11 is 0. The van der Waals surface area contributed by atoms with E-state index in [0.717, 1.165) is 29.5 Å². The van der Waals surface area contributed by atoms with E-state index in [2.05, 4.69) is 22.2 Å². The van der Waals surface area contributed by atoms with Crippen LogP contribution in [0.25, 0.3) is 0 Å². The molecule has 4 nitrogen and oxygen atoms in total. The van der Waals surface area contributed by atoms with Crippen molar-refractivity contribution in [1.29, 1.82) is 0 Å². The fourth-order valence-corrected chi connectivity index (χ4v) is 2.17. The second kappa shape index (κ2) is 4.90. The van der Waals surface area contributed by atoms with Crippen LogP contribution in [0.5, 0.6) is 0 Å². The summed E-state index contributed by atoms with van der Waals surface area (Å²) in [6.45, 7) is 6.26. The van der Waals surface area contributed by atoms with Gasteiger partial charge in [0.15, 0.2) is 0 Å². The van der Waals surface area contributed by atoms with E-state index in [1.165, 1.54) is 19.3 Å². The van der Waals surface area contributed by atoms with Gasteiger partial charge >= 0.3 is 0 Å². The quantitative estimate of drug-likeness (QED) is 0.821. The number of nitrogens with zero attached hydrogens (tertiary/aromatic N) is 2. The third-order valence-corrected chi connectivity index (χ3v) is 3.45. The first-order valence-corrected chi connectivity index (χ1v) is 6.55. The van der Waals surface area contributed by atoms with Gasteiger partial charge in [-0.1, -0.05) is 20.3 Å². The van der Waals surface area contributed by atoms with Crippen molar-refractivity contribution in [3.63, 3.8) is 0 Å².